The number of rotatable bonds is 3. The molecule has 3 aliphatic rings. The summed E-state index contributed by atoms with van der Waals surface area (Å²) in [6.07, 6.45) is 1.66. The molecule has 2 fully saturated rings. The van der Waals surface area contributed by atoms with Gasteiger partial charge in [-0.2, -0.15) is 0 Å². The predicted octanol–water partition coefficient (Wildman–Crippen LogP) is 1.88. The molecule has 3 amide bonds. The third kappa shape index (κ3) is 2.04. The van der Waals surface area contributed by atoms with Crippen molar-refractivity contribution in [1.82, 2.24) is 10.2 Å². The summed E-state index contributed by atoms with van der Waals surface area (Å²) in [6, 6.07) is 4.87. The Hall–Kier alpha value is -1.92. The molecule has 0 bridgehead atoms. The number of hydrogen-bond acceptors (Lipinski definition) is 4. The van der Waals surface area contributed by atoms with Gasteiger partial charge in [0.1, 0.15) is 5.54 Å². The molecule has 0 aromatic heterocycles. The maximum absolute atomic E-state index is 13.1. The van der Waals surface area contributed by atoms with E-state index in [1.54, 1.807) is 18.2 Å². The van der Waals surface area contributed by atoms with E-state index in [1.165, 1.54) is 4.90 Å². The number of anilines is 1. The number of amides is 3. The van der Waals surface area contributed by atoms with E-state index in [2.05, 4.69) is 10.6 Å². The molecule has 0 aliphatic carbocycles. The van der Waals surface area contributed by atoms with Gasteiger partial charge in [-0.15, -0.1) is 0 Å². The highest BCUT2D eigenvalue weighted by atomic mass is 35.5. The highest BCUT2D eigenvalue weighted by Gasteiger charge is 2.69. The Morgan fingerprint density at radius 3 is 2.72 bits per heavy atom. The van der Waals surface area contributed by atoms with Gasteiger partial charge in [-0.25, -0.2) is 0 Å². The molecular formula is C18H20ClN3O3. The molecule has 2 saturated heterocycles. The number of benzene rings is 1. The van der Waals surface area contributed by atoms with E-state index in [-0.39, 0.29) is 23.8 Å². The lowest BCUT2D eigenvalue weighted by molar-refractivity contribution is -0.142. The smallest absolute Gasteiger partial charge is 0.250 e. The summed E-state index contributed by atoms with van der Waals surface area (Å²) < 4.78 is 0. The molecule has 25 heavy (non-hydrogen) atoms. The average Bonchev–Trinajstić information content (AvgIpc) is 3.12. The molecule has 1 aromatic carbocycles. The fraction of sp³-hybridized carbons (Fsp3) is 0.500. The topological polar surface area (TPSA) is 78.5 Å². The van der Waals surface area contributed by atoms with Crippen molar-refractivity contribution in [2.24, 2.45) is 11.8 Å². The monoisotopic (exact) mass is 361 g/mol. The quantitative estimate of drug-likeness (QED) is 0.806. The van der Waals surface area contributed by atoms with E-state index < -0.39 is 17.4 Å². The molecule has 0 saturated carbocycles. The second-order valence-corrected chi connectivity index (χ2v) is 7.51. The summed E-state index contributed by atoms with van der Waals surface area (Å²) >= 11 is 6.15. The molecule has 0 unspecified atom stereocenters. The van der Waals surface area contributed by atoms with Crippen molar-refractivity contribution in [3.63, 3.8) is 0 Å². The summed E-state index contributed by atoms with van der Waals surface area (Å²) in [6.45, 7) is 4.28. The van der Waals surface area contributed by atoms with Crippen molar-refractivity contribution in [1.29, 1.82) is 0 Å². The van der Waals surface area contributed by atoms with Gasteiger partial charge in [0.15, 0.2) is 0 Å². The molecule has 4 rings (SSSR count). The summed E-state index contributed by atoms with van der Waals surface area (Å²) in [5, 5.41) is 6.60. The second kappa shape index (κ2) is 5.54. The average molecular weight is 362 g/mol. The van der Waals surface area contributed by atoms with Crippen LogP contribution in [0.1, 0.15) is 32.3 Å². The van der Waals surface area contributed by atoms with E-state index >= 15 is 0 Å². The fourth-order valence-corrected chi connectivity index (χ4v) is 4.70. The predicted molar refractivity (Wildman–Crippen MR) is 93.0 cm³/mol. The number of halogens is 1. The van der Waals surface area contributed by atoms with Crippen LogP contribution in [0, 0.1) is 11.8 Å². The van der Waals surface area contributed by atoms with Gasteiger partial charge in [-0.1, -0.05) is 24.9 Å². The Bertz CT molecular complexity index is 796. The molecule has 1 spiro atoms. The lowest BCUT2D eigenvalue weighted by atomic mass is 9.76. The van der Waals surface area contributed by atoms with Crippen LogP contribution in [0.3, 0.4) is 0 Å². The third-order valence-corrected chi connectivity index (χ3v) is 5.89. The Kier molecular flexibility index (Phi) is 3.67. The van der Waals surface area contributed by atoms with Crippen molar-refractivity contribution in [3.05, 3.63) is 28.8 Å². The summed E-state index contributed by atoms with van der Waals surface area (Å²) in [4.78, 5) is 40.2. The molecule has 7 heteroatoms. The number of fused-ring (bicyclic) bond motifs is 4. The molecule has 2 N–H and O–H groups in total. The van der Waals surface area contributed by atoms with Gasteiger partial charge in [-0.3, -0.25) is 24.6 Å². The highest BCUT2D eigenvalue weighted by Crippen LogP contribution is 2.53. The standard InChI is InChI=1S/C18H20ClN3O3/c1-3-4-7-22-15(23)13-9(2)21-18(14(13)16(22)24)11-8-10(19)5-6-12(11)20-17(18)25/h5-6,8-9,13-14,21H,3-4,7H2,1-2H3,(H,20,25)/t9-,13-,14+,18+/m1/s1. The van der Waals surface area contributed by atoms with Gasteiger partial charge in [0, 0.05) is 28.9 Å². The molecule has 4 atom stereocenters. The van der Waals surface area contributed by atoms with Crippen molar-refractivity contribution in [3.8, 4) is 0 Å². The van der Waals surface area contributed by atoms with Crippen LogP contribution in [-0.2, 0) is 19.9 Å². The zero-order valence-electron chi connectivity index (χ0n) is 14.1. The summed E-state index contributed by atoms with van der Waals surface area (Å²) in [5.74, 6) is -1.99. The number of nitrogens with one attached hydrogen (secondary N) is 2. The first-order chi connectivity index (χ1) is 11.9. The lowest BCUT2D eigenvalue weighted by Gasteiger charge is -2.29. The minimum Gasteiger partial charge on any atom is -0.324 e. The largest absolute Gasteiger partial charge is 0.324 e. The van der Waals surface area contributed by atoms with Crippen LogP contribution in [0.5, 0.6) is 0 Å². The van der Waals surface area contributed by atoms with E-state index in [0.717, 1.165) is 12.8 Å². The fourth-order valence-electron chi connectivity index (χ4n) is 4.53. The zero-order chi connectivity index (χ0) is 17.9. The lowest BCUT2D eigenvalue weighted by Crippen LogP contribution is -2.53. The number of hydrogen-bond donors (Lipinski definition) is 2. The maximum atomic E-state index is 13.1. The minimum absolute atomic E-state index is 0.177. The highest BCUT2D eigenvalue weighted by molar-refractivity contribution is 6.31. The number of carbonyl (C=O) groups excluding carboxylic acids is 3. The Morgan fingerprint density at radius 1 is 1.24 bits per heavy atom. The van der Waals surface area contributed by atoms with Gasteiger partial charge < -0.3 is 5.32 Å². The van der Waals surface area contributed by atoms with Crippen LogP contribution in [0.4, 0.5) is 5.69 Å². The Balaban J connectivity index is 1.83. The molecule has 3 heterocycles. The first-order valence-electron chi connectivity index (χ1n) is 8.66. The van der Waals surface area contributed by atoms with Gasteiger partial charge in [-0.05, 0) is 31.5 Å². The molecular weight excluding hydrogens is 342 g/mol. The van der Waals surface area contributed by atoms with E-state index in [0.29, 0.717) is 22.8 Å². The van der Waals surface area contributed by atoms with Gasteiger partial charge in [0.05, 0.1) is 11.8 Å². The normalized spacial score (nSPS) is 33.2. The SMILES string of the molecule is CCCCN1C(=O)[C@H]2[C@@H](C1=O)[C@]1(N[C@@H]2C)C(=O)Nc2ccc(Cl)cc21. The van der Waals surface area contributed by atoms with Gasteiger partial charge in [0.2, 0.25) is 17.7 Å². The van der Waals surface area contributed by atoms with Gasteiger partial charge in [0.25, 0.3) is 0 Å². The zero-order valence-corrected chi connectivity index (χ0v) is 14.9. The van der Waals surface area contributed by atoms with Crippen LogP contribution in [0.15, 0.2) is 18.2 Å². The summed E-state index contributed by atoms with van der Waals surface area (Å²) in [7, 11) is 0. The third-order valence-electron chi connectivity index (χ3n) is 5.65. The molecule has 6 nitrogen and oxygen atoms in total. The molecule has 0 radical (unpaired) electrons. The molecule has 3 aliphatic heterocycles. The number of imide groups is 1. The van der Waals surface area contributed by atoms with Crippen LogP contribution in [0.25, 0.3) is 0 Å². The second-order valence-electron chi connectivity index (χ2n) is 7.07. The van der Waals surface area contributed by atoms with Crippen molar-refractivity contribution >= 4 is 35.0 Å². The van der Waals surface area contributed by atoms with Crippen molar-refractivity contribution in [2.45, 2.75) is 38.3 Å². The van der Waals surface area contributed by atoms with E-state index in [4.69, 9.17) is 11.6 Å². The number of likely N-dealkylation sites (tertiary alicyclic amines) is 1. The number of nitrogens with zero attached hydrogens (tertiary/aromatic N) is 1. The van der Waals surface area contributed by atoms with E-state index in [1.807, 2.05) is 13.8 Å². The minimum atomic E-state index is -1.22. The number of unbranched alkanes of at least 4 members (excludes halogenated alkanes) is 1. The van der Waals surface area contributed by atoms with Crippen LogP contribution in [0.2, 0.25) is 5.02 Å². The van der Waals surface area contributed by atoms with Crippen LogP contribution in [-0.4, -0.2) is 35.2 Å². The Morgan fingerprint density at radius 2 is 2.00 bits per heavy atom. The van der Waals surface area contributed by atoms with Gasteiger partial charge >= 0.3 is 0 Å². The maximum Gasteiger partial charge on any atom is 0.250 e. The van der Waals surface area contributed by atoms with E-state index in [9.17, 15) is 14.4 Å². The first kappa shape index (κ1) is 16.5. The molecule has 132 valence electrons. The van der Waals surface area contributed by atoms with Crippen molar-refractivity contribution in [2.75, 3.05) is 11.9 Å². The Labute approximate surface area is 150 Å². The van der Waals surface area contributed by atoms with Crippen molar-refractivity contribution < 1.29 is 14.4 Å². The number of carbonyl (C=O) groups is 3. The van der Waals surface area contributed by atoms with Crippen LogP contribution < -0.4 is 10.6 Å². The first-order valence-corrected chi connectivity index (χ1v) is 9.04. The molecule has 1 aromatic rings. The van der Waals surface area contributed by atoms with Crippen LogP contribution >= 0.6 is 11.6 Å². The summed E-state index contributed by atoms with van der Waals surface area (Å²) in [5.41, 5.74) is 0.0720.